The fourth-order valence-corrected chi connectivity index (χ4v) is 2.39. The van der Waals surface area contributed by atoms with E-state index in [1.54, 1.807) is 0 Å². The summed E-state index contributed by atoms with van der Waals surface area (Å²) in [5.41, 5.74) is 2.78. The van der Waals surface area contributed by atoms with Crippen LogP contribution in [0.3, 0.4) is 0 Å². The number of H-pyrrole nitrogens is 1. The molecule has 0 aliphatic heterocycles. The number of hydrogen-bond donors (Lipinski definition) is 2. The summed E-state index contributed by atoms with van der Waals surface area (Å²) in [6, 6.07) is 9.45. The Morgan fingerprint density at radius 3 is 2.72 bits per heavy atom. The summed E-state index contributed by atoms with van der Waals surface area (Å²) in [5.74, 6) is 1.43. The lowest BCUT2D eigenvalue weighted by Gasteiger charge is -2.36. The quantitative estimate of drug-likeness (QED) is 0.855. The van der Waals surface area contributed by atoms with Crippen LogP contribution in [0.2, 0.25) is 0 Å². The fourth-order valence-electron chi connectivity index (χ4n) is 2.39. The minimum absolute atomic E-state index is 0.579. The Balaban J connectivity index is 1.47. The first kappa shape index (κ1) is 11.3. The number of nitrogens with one attached hydrogen (secondary N) is 2. The third-order valence-electron chi connectivity index (χ3n) is 3.62. The molecule has 5 heteroatoms. The smallest absolute Gasteiger partial charge is 0.188 e. The maximum absolute atomic E-state index is 3.92. The molecule has 1 aliphatic carbocycles. The SMILES string of the molecule is Cc1ccc(C2CC(NCc3nn[nH]n3)C2)cc1. The number of aromatic nitrogens is 4. The van der Waals surface area contributed by atoms with Crippen molar-refractivity contribution < 1.29 is 0 Å². The summed E-state index contributed by atoms with van der Waals surface area (Å²) in [4.78, 5) is 0. The lowest BCUT2D eigenvalue weighted by atomic mass is 9.76. The Hall–Kier alpha value is -1.75. The number of benzene rings is 1. The van der Waals surface area contributed by atoms with Crippen molar-refractivity contribution in [1.29, 1.82) is 0 Å². The van der Waals surface area contributed by atoms with E-state index in [1.807, 2.05) is 0 Å². The number of nitrogens with zero attached hydrogens (tertiary/aromatic N) is 3. The average Bonchev–Trinajstić information content (AvgIpc) is 2.82. The highest BCUT2D eigenvalue weighted by atomic mass is 15.5. The van der Waals surface area contributed by atoms with Crippen molar-refractivity contribution in [2.75, 3.05) is 0 Å². The lowest BCUT2D eigenvalue weighted by molar-refractivity contribution is 0.287. The van der Waals surface area contributed by atoms with Crippen LogP contribution in [0.4, 0.5) is 0 Å². The number of rotatable bonds is 4. The normalized spacial score (nSPS) is 22.7. The van der Waals surface area contributed by atoms with Crippen molar-refractivity contribution in [3.63, 3.8) is 0 Å². The summed E-state index contributed by atoms with van der Waals surface area (Å²) in [6.45, 7) is 2.82. The third kappa shape index (κ3) is 2.41. The second-order valence-corrected chi connectivity index (χ2v) is 4.98. The van der Waals surface area contributed by atoms with Gasteiger partial charge in [-0.1, -0.05) is 35.0 Å². The third-order valence-corrected chi connectivity index (χ3v) is 3.62. The summed E-state index contributed by atoms with van der Waals surface area (Å²) >= 11 is 0. The molecule has 1 aromatic heterocycles. The molecule has 1 saturated carbocycles. The Kier molecular flexibility index (Phi) is 3.06. The van der Waals surface area contributed by atoms with Crippen LogP contribution in [0, 0.1) is 6.92 Å². The van der Waals surface area contributed by atoms with E-state index in [4.69, 9.17) is 0 Å². The van der Waals surface area contributed by atoms with E-state index in [2.05, 4.69) is 57.1 Å². The molecule has 94 valence electrons. The highest BCUT2D eigenvalue weighted by molar-refractivity contribution is 5.26. The average molecular weight is 243 g/mol. The molecule has 0 saturated heterocycles. The molecule has 0 radical (unpaired) electrons. The number of tetrazole rings is 1. The van der Waals surface area contributed by atoms with Gasteiger partial charge in [0.2, 0.25) is 0 Å². The zero-order valence-corrected chi connectivity index (χ0v) is 10.4. The van der Waals surface area contributed by atoms with Crippen LogP contribution in [0.25, 0.3) is 0 Å². The lowest BCUT2D eigenvalue weighted by Crippen LogP contribution is -2.39. The van der Waals surface area contributed by atoms with Gasteiger partial charge >= 0.3 is 0 Å². The molecule has 1 heterocycles. The standard InChI is InChI=1S/C13H17N5/c1-9-2-4-10(5-3-9)11-6-12(7-11)14-8-13-15-17-18-16-13/h2-5,11-12,14H,6-8H2,1H3,(H,15,16,17,18). The predicted molar refractivity (Wildman–Crippen MR) is 68.0 cm³/mol. The maximum Gasteiger partial charge on any atom is 0.188 e. The zero-order chi connectivity index (χ0) is 12.4. The second-order valence-electron chi connectivity index (χ2n) is 4.98. The minimum Gasteiger partial charge on any atom is -0.307 e. The van der Waals surface area contributed by atoms with Crippen LogP contribution in [0.15, 0.2) is 24.3 Å². The van der Waals surface area contributed by atoms with Gasteiger partial charge in [0, 0.05) is 6.04 Å². The van der Waals surface area contributed by atoms with Crippen molar-refractivity contribution >= 4 is 0 Å². The molecular formula is C13H17N5. The van der Waals surface area contributed by atoms with Crippen molar-refractivity contribution in [2.45, 2.75) is 38.3 Å². The van der Waals surface area contributed by atoms with E-state index < -0.39 is 0 Å². The first-order chi connectivity index (χ1) is 8.81. The van der Waals surface area contributed by atoms with Gasteiger partial charge in [0.15, 0.2) is 5.82 Å². The van der Waals surface area contributed by atoms with E-state index in [1.165, 1.54) is 24.0 Å². The first-order valence-electron chi connectivity index (χ1n) is 6.33. The molecule has 1 aliphatic rings. The summed E-state index contributed by atoms with van der Waals surface area (Å²) < 4.78 is 0. The van der Waals surface area contributed by atoms with Gasteiger partial charge in [-0.15, -0.1) is 10.2 Å². The molecule has 3 rings (SSSR count). The van der Waals surface area contributed by atoms with Crippen LogP contribution in [0.1, 0.15) is 35.7 Å². The van der Waals surface area contributed by atoms with Gasteiger partial charge in [-0.05, 0) is 31.2 Å². The minimum atomic E-state index is 0.579. The summed E-state index contributed by atoms with van der Waals surface area (Å²) in [6.07, 6.45) is 2.39. The Morgan fingerprint density at radius 2 is 2.06 bits per heavy atom. The monoisotopic (exact) mass is 243 g/mol. The number of aromatic amines is 1. The summed E-state index contributed by atoms with van der Waals surface area (Å²) in [7, 11) is 0. The van der Waals surface area contributed by atoms with Gasteiger partial charge in [-0.2, -0.15) is 5.21 Å². The largest absolute Gasteiger partial charge is 0.307 e. The first-order valence-corrected chi connectivity index (χ1v) is 6.33. The van der Waals surface area contributed by atoms with Gasteiger partial charge in [-0.25, -0.2) is 0 Å². The van der Waals surface area contributed by atoms with Crippen LogP contribution in [0.5, 0.6) is 0 Å². The van der Waals surface area contributed by atoms with Crippen molar-refractivity contribution in [2.24, 2.45) is 0 Å². The molecule has 2 N–H and O–H groups in total. The Bertz CT molecular complexity index is 485. The Morgan fingerprint density at radius 1 is 1.28 bits per heavy atom. The van der Waals surface area contributed by atoms with Gasteiger partial charge in [0.1, 0.15) is 0 Å². The van der Waals surface area contributed by atoms with Crippen LogP contribution >= 0.6 is 0 Å². The molecular weight excluding hydrogens is 226 g/mol. The fraction of sp³-hybridized carbons (Fsp3) is 0.462. The van der Waals surface area contributed by atoms with E-state index in [0.29, 0.717) is 18.5 Å². The van der Waals surface area contributed by atoms with E-state index >= 15 is 0 Å². The molecule has 18 heavy (non-hydrogen) atoms. The molecule has 5 nitrogen and oxygen atoms in total. The highest BCUT2D eigenvalue weighted by Gasteiger charge is 2.29. The molecule has 1 aromatic carbocycles. The molecule has 0 atom stereocenters. The number of aryl methyl sites for hydroxylation is 1. The topological polar surface area (TPSA) is 66.5 Å². The van der Waals surface area contributed by atoms with E-state index in [9.17, 15) is 0 Å². The van der Waals surface area contributed by atoms with Crippen LogP contribution in [-0.4, -0.2) is 26.7 Å². The van der Waals surface area contributed by atoms with Crippen molar-refractivity contribution in [3.8, 4) is 0 Å². The molecule has 0 bridgehead atoms. The number of hydrogen-bond acceptors (Lipinski definition) is 4. The van der Waals surface area contributed by atoms with E-state index in [0.717, 1.165) is 5.82 Å². The van der Waals surface area contributed by atoms with Crippen molar-refractivity contribution in [1.82, 2.24) is 25.9 Å². The van der Waals surface area contributed by atoms with Gasteiger partial charge in [-0.3, -0.25) is 0 Å². The van der Waals surface area contributed by atoms with Gasteiger partial charge in [0.05, 0.1) is 6.54 Å². The van der Waals surface area contributed by atoms with Gasteiger partial charge < -0.3 is 5.32 Å². The van der Waals surface area contributed by atoms with Crippen molar-refractivity contribution in [3.05, 3.63) is 41.2 Å². The molecule has 1 fully saturated rings. The molecule has 0 amide bonds. The second kappa shape index (κ2) is 4.86. The van der Waals surface area contributed by atoms with Crippen LogP contribution < -0.4 is 5.32 Å². The molecule has 0 spiro atoms. The van der Waals surface area contributed by atoms with Crippen LogP contribution in [-0.2, 0) is 6.54 Å². The predicted octanol–water partition coefficient (Wildman–Crippen LogP) is 1.54. The molecule has 2 aromatic rings. The maximum atomic E-state index is 3.92. The van der Waals surface area contributed by atoms with E-state index in [-0.39, 0.29) is 0 Å². The zero-order valence-electron chi connectivity index (χ0n) is 10.4. The van der Waals surface area contributed by atoms with Gasteiger partial charge in [0.25, 0.3) is 0 Å². The Labute approximate surface area is 106 Å². The summed E-state index contributed by atoms with van der Waals surface area (Å²) in [5, 5.41) is 17.3. The molecule has 0 unspecified atom stereocenters. The highest BCUT2D eigenvalue weighted by Crippen LogP contribution is 2.36.